The number of hydrogen-bond donors (Lipinski definition) is 0. The van der Waals surface area contributed by atoms with Crippen LogP contribution in [-0.4, -0.2) is 16.5 Å². The van der Waals surface area contributed by atoms with E-state index in [2.05, 4.69) is 16.0 Å². The smallest absolute Gasteiger partial charge is 0.179 e. The zero-order valence-corrected chi connectivity index (χ0v) is 12.3. The first-order valence-corrected chi connectivity index (χ1v) is 7.08. The number of aromatic nitrogens is 1. The summed E-state index contributed by atoms with van der Waals surface area (Å²) in [5.41, 5.74) is 4.88. The van der Waals surface area contributed by atoms with E-state index in [-0.39, 0.29) is 11.7 Å². The largest absolute Gasteiger partial charge is 0.293 e. The summed E-state index contributed by atoms with van der Waals surface area (Å²) in [5, 5.41) is 0. The summed E-state index contributed by atoms with van der Waals surface area (Å²) in [6, 6.07) is 2.12. The van der Waals surface area contributed by atoms with Crippen LogP contribution in [0.3, 0.4) is 0 Å². The fraction of sp³-hybridized carbons (Fsp3) is 0.562. The molecule has 0 radical (unpaired) electrons. The van der Waals surface area contributed by atoms with Gasteiger partial charge in [-0.1, -0.05) is 13.8 Å². The van der Waals surface area contributed by atoms with Crippen LogP contribution in [0.4, 0.5) is 5.69 Å². The minimum Gasteiger partial charge on any atom is -0.293 e. The third kappa shape index (κ3) is 3.09. The Morgan fingerprint density at radius 2 is 2.00 bits per heavy atom. The lowest BCUT2D eigenvalue weighted by atomic mass is 9.95. The molecule has 0 fully saturated rings. The van der Waals surface area contributed by atoms with Gasteiger partial charge in [0, 0.05) is 11.6 Å². The van der Waals surface area contributed by atoms with Gasteiger partial charge in [-0.2, -0.15) is 0 Å². The standard InChI is InChI=1S/C16H22N2O/c1-10(2)16(19)12(4)18-15-9-13-7-5-6-8-14(13)17-11(15)3/h9-10H,5-8H2,1-4H3/b18-12+. The first-order valence-electron chi connectivity index (χ1n) is 7.08. The van der Waals surface area contributed by atoms with Gasteiger partial charge >= 0.3 is 0 Å². The molecule has 0 atom stereocenters. The van der Waals surface area contributed by atoms with Crippen molar-refractivity contribution in [3.05, 3.63) is 23.0 Å². The van der Waals surface area contributed by atoms with Gasteiger partial charge in [0.2, 0.25) is 0 Å². The number of rotatable bonds is 3. The molecule has 102 valence electrons. The Balaban J connectivity index is 2.35. The van der Waals surface area contributed by atoms with Gasteiger partial charge in [0.1, 0.15) is 0 Å². The van der Waals surface area contributed by atoms with Gasteiger partial charge in [0.15, 0.2) is 5.78 Å². The first-order chi connectivity index (χ1) is 8.99. The molecule has 1 aliphatic carbocycles. The van der Waals surface area contributed by atoms with Crippen molar-refractivity contribution in [1.29, 1.82) is 0 Å². The molecule has 19 heavy (non-hydrogen) atoms. The lowest BCUT2D eigenvalue weighted by Gasteiger charge is -2.16. The number of aliphatic imine (C=N–C) groups is 1. The number of pyridine rings is 1. The second-order valence-electron chi connectivity index (χ2n) is 5.62. The predicted octanol–water partition coefficient (Wildman–Crippen LogP) is 3.59. The third-order valence-corrected chi connectivity index (χ3v) is 3.63. The SMILES string of the molecule is C/C(=N\c1cc2c(nc1C)CCCC2)C(=O)C(C)C. The van der Waals surface area contributed by atoms with E-state index in [9.17, 15) is 4.79 Å². The summed E-state index contributed by atoms with van der Waals surface area (Å²) in [5.74, 6) is 0.103. The van der Waals surface area contributed by atoms with Gasteiger partial charge in [-0.15, -0.1) is 0 Å². The number of ketones is 1. The monoisotopic (exact) mass is 258 g/mol. The summed E-state index contributed by atoms with van der Waals surface area (Å²) in [6.45, 7) is 7.57. The maximum absolute atomic E-state index is 11.9. The summed E-state index contributed by atoms with van der Waals surface area (Å²) in [6.07, 6.45) is 4.62. The van der Waals surface area contributed by atoms with E-state index in [0.717, 1.165) is 24.2 Å². The molecule has 0 spiro atoms. The highest BCUT2D eigenvalue weighted by atomic mass is 16.1. The van der Waals surface area contributed by atoms with Crippen LogP contribution in [0.5, 0.6) is 0 Å². The minimum absolute atomic E-state index is 0.00496. The maximum Gasteiger partial charge on any atom is 0.179 e. The van der Waals surface area contributed by atoms with Crippen molar-refractivity contribution in [2.24, 2.45) is 10.9 Å². The first kappa shape index (κ1) is 13.9. The molecule has 0 aliphatic heterocycles. The Morgan fingerprint density at radius 3 is 2.68 bits per heavy atom. The van der Waals surface area contributed by atoms with Gasteiger partial charge in [-0.25, -0.2) is 4.99 Å². The molecule has 3 heteroatoms. The molecule has 1 aliphatic rings. The highest BCUT2D eigenvalue weighted by Gasteiger charge is 2.15. The van der Waals surface area contributed by atoms with Crippen LogP contribution in [0, 0.1) is 12.8 Å². The predicted molar refractivity (Wildman–Crippen MR) is 78.2 cm³/mol. The number of fused-ring (bicyclic) bond motifs is 1. The molecule has 0 amide bonds. The second kappa shape index (κ2) is 5.64. The summed E-state index contributed by atoms with van der Waals surface area (Å²) < 4.78 is 0. The van der Waals surface area contributed by atoms with Crippen LogP contribution in [0.15, 0.2) is 11.1 Å². The van der Waals surface area contributed by atoms with Gasteiger partial charge < -0.3 is 0 Å². The van der Waals surface area contributed by atoms with Gasteiger partial charge in [0.05, 0.1) is 17.1 Å². The van der Waals surface area contributed by atoms with Crippen LogP contribution in [0.2, 0.25) is 0 Å². The lowest BCUT2D eigenvalue weighted by Crippen LogP contribution is -2.16. The van der Waals surface area contributed by atoms with Crippen molar-refractivity contribution in [2.45, 2.75) is 53.4 Å². The van der Waals surface area contributed by atoms with Gasteiger partial charge in [-0.05, 0) is 51.2 Å². The molecular weight excluding hydrogens is 236 g/mol. The fourth-order valence-electron chi connectivity index (χ4n) is 2.49. The highest BCUT2D eigenvalue weighted by molar-refractivity contribution is 6.40. The van der Waals surface area contributed by atoms with Crippen LogP contribution < -0.4 is 0 Å². The van der Waals surface area contributed by atoms with Gasteiger partial charge in [-0.3, -0.25) is 9.78 Å². The minimum atomic E-state index is -0.00496. The Kier molecular flexibility index (Phi) is 4.13. The topological polar surface area (TPSA) is 42.3 Å². The molecule has 0 N–H and O–H groups in total. The molecule has 0 bridgehead atoms. The Hall–Kier alpha value is -1.51. The number of carbonyl (C=O) groups is 1. The number of carbonyl (C=O) groups excluding carboxylic acids is 1. The van der Waals surface area contributed by atoms with Gasteiger partial charge in [0.25, 0.3) is 0 Å². The van der Waals surface area contributed by atoms with E-state index in [4.69, 9.17) is 0 Å². The maximum atomic E-state index is 11.9. The molecule has 2 rings (SSSR count). The van der Waals surface area contributed by atoms with E-state index in [1.807, 2.05) is 20.8 Å². The molecule has 3 nitrogen and oxygen atoms in total. The average molecular weight is 258 g/mol. The summed E-state index contributed by atoms with van der Waals surface area (Å²) in [4.78, 5) is 21.0. The van der Waals surface area contributed by atoms with Crippen LogP contribution in [0.1, 0.15) is 50.6 Å². The molecular formula is C16H22N2O. The number of Topliss-reactive ketones (excluding diaryl/α,β-unsaturated/α-hetero) is 1. The van der Waals surface area contributed by atoms with E-state index in [1.54, 1.807) is 6.92 Å². The highest BCUT2D eigenvalue weighted by Crippen LogP contribution is 2.26. The van der Waals surface area contributed by atoms with E-state index >= 15 is 0 Å². The molecule has 0 aromatic carbocycles. The summed E-state index contributed by atoms with van der Waals surface area (Å²) >= 11 is 0. The number of aryl methyl sites for hydroxylation is 3. The number of hydrogen-bond acceptors (Lipinski definition) is 3. The Labute approximate surface area is 115 Å². The molecule has 0 saturated heterocycles. The Morgan fingerprint density at radius 1 is 1.32 bits per heavy atom. The molecule has 0 unspecified atom stereocenters. The van der Waals surface area contributed by atoms with Crippen LogP contribution in [-0.2, 0) is 17.6 Å². The van der Waals surface area contributed by atoms with Crippen molar-refractivity contribution in [2.75, 3.05) is 0 Å². The summed E-state index contributed by atoms with van der Waals surface area (Å²) in [7, 11) is 0. The van der Waals surface area contributed by atoms with Crippen molar-refractivity contribution in [3.63, 3.8) is 0 Å². The van der Waals surface area contributed by atoms with Crippen LogP contribution in [0.25, 0.3) is 0 Å². The Bertz CT molecular complexity index is 530. The molecule has 1 aromatic rings. The molecule has 0 saturated carbocycles. The molecule has 1 aromatic heterocycles. The van der Waals surface area contributed by atoms with E-state index < -0.39 is 0 Å². The fourth-order valence-corrected chi connectivity index (χ4v) is 2.49. The lowest BCUT2D eigenvalue weighted by molar-refractivity contribution is -0.115. The zero-order chi connectivity index (χ0) is 14.0. The normalized spacial score (nSPS) is 15.5. The van der Waals surface area contributed by atoms with Crippen LogP contribution >= 0.6 is 0 Å². The quantitative estimate of drug-likeness (QED) is 0.778. The van der Waals surface area contributed by atoms with Crippen molar-refractivity contribution in [3.8, 4) is 0 Å². The second-order valence-corrected chi connectivity index (χ2v) is 5.62. The van der Waals surface area contributed by atoms with Crippen molar-refractivity contribution >= 4 is 17.2 Å². The number of nitrogens with zero attached hydrogens (tertiary/aromatic N) is 2. The van der Waals surface area contributed by atoms with Crippen molar-refractivity contribution in [1.82, 2.24) is 4.98 Å². The molecule has 1 heterocycles. The van der Waals surface area contributed by atoms with E-state index in [0.29, 0.717) is 5.71 Å². The average Bonchev–Trinajstić information content (AvgIpc) is 2.38. The van der Waals surface area contributed by atoms with Crippen molar-refractivity contribution < 1.29 is 4.79 Å². The third-order valence-electron chi connectivity index (χ3n) is 3.63. The zero-order valence-electron chi connectivity index (χ0n) is 12.3. The van der Waals surface area contributed by atoms with E-state index in [1.165, 1.54) is 24.1 Å².